The summed E-state index contributed by atoms with van der Waals surface area (Å²) in [5.74, 6) is -0.0291. The number of aryl methyl sites for hydroxylation is 1. The summed E-state index contributed by atoms with van der Waals surface area (Å²) in [7, 11) is 0. The van der Waals surface area contributed by atoms with Gasteiger partial charge in [0, 0.05) is 12.4 Å². The van der Waals surface area contributed by atoms with Crippen molar-refractivity contribution in [1.82, 2.24) is 14.4 Å². The first kappa shape index (κ1) is 9.97. The minimum absolute atomic E-state index is 0.0291. The zero-order chi connectivity index (χ0) is 11.0. The van der Waals surface area contributed by atoms with Crippen LogP contribution >= 0.6 is 11.8 Å². The number of aromatic nitrogens is 3. The molecule has 0 amide bonds. The monoisotopic (exact) mass is 221 g/mol. The molecule has 2 aromatic heterocycles. The second kappa shape index (κ2) is 3.54. The zero-order valence-electron chi connectivity index (χ0n) is 8.48. The second-order valence-electron chi connectivity index (χ2n) is 3.16. The molecule has 2 rings (SSSR count). The molecule has 0 atom stereocenters. The molecule has 6 heteroatoms. The Kier molecular flexibility index (Phi) is 2.36. The molecule has 78 valence electrons. The first-order chi connectivity index (χ1) is 7.11. The molecule has 0 radical (unpaired) electrons. The number of amidine groups is 1. The molecule has 5 nitrogen and oxygen atoms in total. The Labute approximate surface area is 91.2 Å². The van der Waals surface area contributed by atoms with Gasteiger partial charge in [-0.2, -0.15) is 0 Å². The third-order valence-electron chi connectivity index (χ3n) is 2.00. The molecule has 0 aliphatic heterocycles. The van der Waals surface area contributed by atoms with Crippen molar-refractivity contribution in [2.24, 2.45) is 5.73 Å². The van der Waals surface area contributed by atoms with Crippen LogP contribution in [0.2, 0.25) is 0 Å². The van der Waals surface area contributed by atoms with Gasteiger partial charge in [0.15, 0.2) is 5.65 Å². The van der Waals surface area contributed by atoms with Gasteiger partial charge in [0.05, 0.1) is 5.69 Å². The van der Waals surface area contributed by atoms with Crippen molar-refractivity contribution in [3.8, 4) is 0 Å². The lowest BCUT2D eigenvalue weighted by atomic mass is 10.4. The molecule has 0 unspecified atom stereocenters. The van der Waals surface area contributed by atoms with Crippen LogP contribution in [0.15, 0.2) is 17.4 Å². The predicted molar refractivity (Wildman–Crippen MR) is 60.5 cm³/mol. The minimum atomic E-state index is -0.0291. The van der Waals surface area contributed by atoms with Crippen LogP contribution in [-0.4, -0.2) is 26.5 Å². The van der Waals surface area contributed by atoms with E-state index < -0.39 is 0 Å². The van der Waals surface area contributed by atoms with Crippen molar-refractivity contribution >= 4 is 23.2 Å². The number of thioether (sulfide) groups is 1. The van der Waals surface area contributed by atoms with E-state index in [1.807, 2.05) is 23.8 Å². The summed E-state index contributed by atoms with van der Waals surface area (Å²) in [5, 5.41) is 8.15. The van der Waals surface area contributed by atoms with Gasteiger partial charge in [-0.05, 0) is 13.2 Å². The summed E-state index contributed by atoms with van der Waals surface area (Å²) < 4.78 is 1.85. The van der Waals surface area contributed by atoms with Crippen molar-refractivity contribution in [2.45, 2.75) is 11.9 Å². The Morgan fingerprint density at radius 2 is 2.20 bits per heavy atom. The van der Waals surface area contributed by atoms with Gasteiger partial charge in [-0.25, -0.2) is 9.97 Å². The van der Waals surface area contributed by atoms with Gasteiger partial charge in [-0.15, -0.1) is 11.8 Å². The average Bonchev–Trinajstić information content (AvgIpc) is 2.56. The fourth-order valence-corrected chi connectivity index (χ4v) is 1.88. The third kappa shape index (κ3) is 1.68. The Balaban J connectivity index is 2.76. The van der Waals surface area contributed by atoms with Crippen molar-refractivity contribution in [3.63, 3.8) is 0 Å². The normalized spacial score (nSPS) is 10.8. The number of nitrogens with one attached hydrogen (secondary N) is 1. The summed E-state index contributed by atoms with van der Waals surface area (Å²) in [4.78, 5) is 8.62. The van der Waals surface area contributed by atoms with Crippen molar-refractivity contribution < 1.29 is 0 Å². The van der Waals surface area contributed by atoms with Crippen LogP contribution < -0.4 is 5.73 Å². The molecule has 15 heavy (non-hydrogen) atoms. The number of hydrogen-bond donors (Lipinski definition) is 2. The number of nitrogens with zero attached hydrogens (tertiary/aromatic N) is 3. The lowest BCUT2D eigenvalue weighted by Crippen LogP contribution is -2.14. The molecule has 0 saturated carbocycles. The number of nitrogens with two attached hydrogens (primary N) is 1. The summed E-state index contributed by atoms with van der Waals surface area (Å²) in [6.07, 6.45) is 5.54. The molecule has 2 heterocycles. The zero-order valence-corrected chi connectivity index (χ0v) is 9.30. The highest BCUT2D eigenvalue weighted by molar-refractivity contribution is 7.98. The largest absolute Gasteiger partial charge is 0.382 e. The van der Waals surface area contributed by atoms with Gasteiger partial charge in [0.25, 0.3) is 0 Å². The van der Waals surface area contributed by atoms with E-state index >= 15 is 0 Å². The molecule has 2 aromatic rings. The van der Waals surface area contributed by atoms with Gasteiger partial charge in [0.1, 0.15) is 16.6 Å². The number of nitrogen functional groups attached to an aromatic ring is 1. The average molecular weight is 221 g/mol. The Hall–Kier alpha value is -1.56. The van der Waals surface area contributed by atoms with Gasteiger partial charge >= 0.3 is 0 Å². The van der Waals surface area contributed by atoms with E-state index in [9.17, 15) is 0 Å². The topological polar surface area (TPSA) is 80.1 Å². The maximum Gasteiger partial charge on any atom is 0.169 e. The fourth-order valence-electron chi connectivity index (χ4n) is 1.36. The molecule has 0 fully saturated rings. The van der Waals surface area contributed by atoms with Crippen LogP contribution in [-0.2, 0) is 0 Å². The van der Waals surface area contributed by atoms with E-state index in [2.05, 4.69) is 9.97 Å². The second-order valence-corrected chi connectivity index (χ2v) is 3.96. The Morgan fingerprint density at radius 3 is 2.80 bits per heavy atom. The van der Waals surface area contributed by atoms with Crippen molar-refractivity contribution in [3.05, 3.63) is 23.8 Å². The minimum Gasteiger partial charge on any atom is -0.382 e. The van der Waals surface area contributed by atoms with Crippen molar-refractivity contribution in [2.75, 3.05) is 6.26 Å². The maximum atomic E-state index is 7.36. The Bertz CT molecular complexity index is 531. The molecule has 0 aliphatic carbocycles. The highest BCUT2D eigenvalue weighted by Gasteiger charge is 2.09. The van der Waals surface area contributed by atoms with Gasteiger partial charge < -0.3 is 10.1 Å². The first-order valence-corrected chi connectivity index (χ1v) is 5.59. The lowest BCUT2D eigenvalue weighted by Gasteiger charge is -2.03. The molecule has 0 aromatic carbocycles. The van der Waals surface area contributed by atoms with Crippen molar-refractivity contribution in [1.29, 1.82) is 5.41 Å². The standard InChI is InChI=1S/C9H11N5S/c1-5-3-14-4-6(7(10)11)13-9(15-2)8(14)12-5/h3-4H,1-2H3,(H3,10,11). The van der Waals surface area contributed by atoms with Gasteiger partial charge in [0.2, 0.25) is 0 Å². The summed E-state index contributed by atoms with van der Waals surface area (Å²) >= 11 is 1.50. The highest BCUT2D eigenvalue weighted by atomic mass is 32.2. The summed E-state index contributed by atoms with van der Waals surface area (Å²) in [6.45, 7) is 1.92. The van der Waals surface area contributed by atoms with E-state index in [0.29, 0.717) is 5.69 Å². The molecule has 0 bridgehead atoms. The van der Waals surface area contributed by atoms with Crippen LogP contribution in [0.5, 0.6) is 0 Å². The molecular formula is C9H11N5S. The molecule has 0 saturated heterocycles. The quantitative estimate of drug-likeness (QED) is 0.451. The van der Waals surface area contributed by atoms with Crippen LogP contribution in [0.1, 0.15) is 11.4 Å². The van der Waals surface area contributed by atoms with Gasteiger partial charge in [-0.3, -0.25) is 5.41 Å². The summed E-state index contributed by atoms with van der Waals surface area (Å²) in [6, 6.07) is 0. The molecule has 3 N–H and O–H groups in total. The number of imidazole rings is 1. The highest BCUT2D eigenvalue weighted by Crippen LogP contribution is 2.18. The van der Waals surface area contributed by atoms with E-state index in [1.54, 1.807) is 6.20 Å². The van der Waals surface area contributed by atoms with E-state index in [4.69, 9.17) is 11.1 Å². The van der Waals surface area contributed by atoms with Crippen LogP contribution in [0.3, 0.4) is 0 Å². The number of fused-ring (bicyclic) bond motifs is 1. The number of hydrogen-bond acceptors (Lipinski definition) is 4. The molecular weight excluding hydrogens is 210 g/mol. The first-order valence-electron chi connectivity index (χ1n) is 4.36. The van der Waals surface area contributed by atoms with E-state index in [0.717, 1.165) is 16.4 Å². The molecule has 0 spiro atoms. The van der Waals surface area contributed by atoms with Crippen LogP contribution in [0, 0.1) is 12.3 Å². The van der Waals surface area contributed by atoms with E-state index in [-0.39, 0.29) is 5.84 Å². The summed E-state index contributed by atoms with van der Waals surface area (Å²) in [5.41, 5.74) is 7.62. The Morgan fingerprint density at radius 1 is 1.47 bits per heavy atom. The smallest absolute Gasteiger partial charge is 0.169 e. The van der Waals surface area contributed by atoms with Gasteiger partial charge in [-0.1, -0.05) is 0 Å². The molecule has 0 aliphatic rings. The maximum absolute atomic E-state index is 7.36. The van der Waals surface area contributed by atoms with Crippen LogP contribution in [0.4, 0.5) is 0 Å². The fraction of sp³-hybridized carbons (Fsp3) is 0.222. The van der Waals surface area contributed by atoms with E-state index in [1.165, 1.54) is 11.8 Å². The van der Waals surface area contributed by atoms with Crippen LogP contribution in [0.25, 0.3) is 5.65 Å². The SMILES string of the molecule is CSc1nc(C(=N)N)cn2cc(C)nc12. The third-order valence-corrected chi connectivity index (χ3v) is 2.66. The number of rotatable bonds is 2. The lowest BCUT2D eigenvalue weighted by molar-refractivity contribution is 1.02. The predicted octanol–water partition coefficient (Wildman–Crippen LogP) is 1.04.